The average molecular weight is 333 g/mol. The van der Waals surface area contributed by atoms with Gasteiger partial charge < -0.3 is 4.74 Å². The van der Waals surface area contributed by atoms with E-state index in [0.29, 0.717) is 5.75 Å². The quantitative estimate of drug-likeness (QED) is 0.565. The van der Waals surface area contributed by atoms with Crippen molar-refractivity contribution >= 4 is 5.97 Å². The van der Waals surface area contributed by atoms with Gasteiger partial charge in [0.25, 0.3) is 0 Å². The molecule has 0 N–H and O–H groups in total. The van der Waals surface area contributed by atoms with Gasteiger partial charge in [0.05, 0.1) is 12.1 Å². The van der Waals surface area contributed by atoms with Crippen LogP contribution in [0.5, 0.6) is 5.75 Å². The summed E-state index contributed by atoms with van der Waals surface area (Å²) in [6, 6.07) is 2.67. The fraction of sp³-hybridized carbons (Fsp3) is 0.700. The molecule has 0 bridgehead atoms. The van der Waals surface area contributed by atoms with Crippen molar-refractivity contribution < 1.29 is 13.9 Å². The molecule has 2 fully saturated rings. The molecule has 2 saturated carbocycles. The van der Waals surface area contributed by atoms with Crippen LogP contribution in [-0.2, 0) is 4.79 Å². The zero-order valence-electron chi connectivity index (χ0n) is 14.5. The molecule has 0 amide bonds. The minimum atomic E-state index is -0.562. The van der Waals surface area contributed by atoms with Crippen LogP contribution in [0.15, 0.2) is 18.3 Å². The second-order valence-corrected chi connectivity index (χ2v) is 7.54. The fourth-order valence-electron chi connectivity index (χ4n) is 4.52. The van der Waals surface area contributed by atoms with Gasteiger partial charge >= 0.3 is 5.97 Å². The second-order valence-electron chi connectivity index (χ2n) is 7.54. The summed E-state index contributed by atoms with van der Waals surface area (Å²) >= 11 is 0. The molecule has 2 aliphatic carbocycles. The lowest BCUT2D eigenvalue weighted by atomic mass is 9.69. The Morgan fingerprint density at radius 1 is 1.08 bits per heavy atom. The van der Waals surface area contributed by atoms with Crippen molar-refractivity contribution in [1.82, 2.24) is 4.98 Å². The number of nitrogens with zero attached hydrogens (tertiary/aromatic N) is 1. The van der Waals surface area contributed by atoms with Gasteiger partial charge in [-0.05, 0) is 68.4 Å². The fourth-order valence-corrected chi connectivity index (χ4v) is 4.52. The summed E-state index contributed by atoms with van der Waals surface area (Å²) in [7, 11) is 0. The topological polar surface area (TPSA) is 39.2 Å². The molecule has 0 spiro atoms. The maximum atomic E-state index is 12.8. The Hall–Kier alpha value is -1.45. The molecule has 1 aromatic rings. The maximum absolute atomic E-state index is 12.8. The zero-order valence-corrected chi connectivity index (χ0v) is 14.5. The van der Waals surface area contributed by atoms with Gasteiger partial charge in [-0.3, -0.25) is 4.79 Å². The lowest BCUT2D eigenvalue weighted by Gasteiger charge is -2.37. The first-order valence-electron chi connectivity index (χ1n) is 9.49. The molecule has 3 rings (SSSR count). The minimum absolute atomic E-state index is 0.0155. The van der Waals surface area contributed by atoms with Gasteiger partial charge in [-0.15, -0.1) is 0 Å². The summed E-state index contributed by atoms with van der Waals surface area (Å²) in [5.74, 6) is 2.17. The monoisotopic (exact) mass is 333 g/mol. The van der Waals surface area contributed by atoms with Crippen LogP contribution in [-0.4, -0.2) is 11.0 Å². The Bertz CT molecular complexity index is 529. The Balaban J connectivity index is 1.44. The number of ether oxygens (including phenoxy) is 1. The SMILES string of the molecule is CC[C@H]1CC[C@H](C2CCC(C(=O)Oc3ccc(F)nc3)CC2)CC1. The van der Waals surface area contributed by atoms with Crippen LogP contribution in [0.3, 0.4) is 0 Å². The van der Waals surface area contributed by atoms with Gasteiger partial charge in [0.15, 0.2) is 0 Å². The van der Waals surface area contributed by atoms with Crippen LogP contribution in [0.2, 0.25) is 0 Å². The number of carbonyl (C=O) groups excluding carboxylic acids is 1. The number of rotatable bonds is 4. The van der Waals surface area contributed by atoms with Crippen molar-refractivity contribution in [3.63, 3.8) is 0 Å². The third-order valence-corrected chi connectivity index (χ3v) is 6.16. The van der Waals surface area contributed by atoms with E-state index in [1.54, 1.807) is 0 Å². The van der Waals surface area contributed by atoms with E-state index in [-0.39, 0.29) is 11.9 Å². The van der Waals surface area contributed by atoms with Crippen LogP contribution in [0, 0.1) is 29.6 Å². The van der Waals surface area contributed by atoms with Gasteiger partial charge in [0.2, 0.25) is 5.95 Å². The first kappa shape index (κ1) is 17.4. The molecular weight excluding hydrogens is 305 g/mol. The number of esters is 1. The molecule has 0 aromatic carbocycles. The summed E-state index contributed by atoms with van der Waals surface area (Å²) in [5.41, 5.74) is 0. The molecule has 1 heterocycles. The number of pyridine rings is 1. The molecule has 0 unspecified atom stereocenters. The molecule has 0 aliphatic heterocycles. The summed E-state index contributed by atoms with van der Waals surface area (Å²) in [6.07, 6.45) is 12.2. The highest BCUT2D eigenvalue weighted by molar-refractivity contribution is 5.75. The molecule has 2 aliphatic rings. The van der Waals surface area contributed by atoms with Gasteiger partial charge in [-0.2, -0.15) is 4.39 Å². The Morgan fingerprint density at radius 2 is 1.71 bits per heavy atom. The molecule has 4 heteroatoms. The number of hydrogen-bond acceptors (Lipinski definition) is 3. The Labute approximate surface area is 144 Å². The van der Waals surface area contributed by atoms with Gasteiger partial charge in [-0.25, -0.2) is 4.98 Å². The van der Waals surface area contributed by atoms with E-state index >= 15 is 0 Å². The summed E-state index contributed by atoms with van der Waals surface area (Å²) < 4.78 is 18.1. The van der Waals surface area contributed by atoms with Gasteiger partial charge in [-0.1, -0.05) is 26.2 Å². The van der Waals surface area contributed by atoms with Crippen LogP contribution in [0.4, 0.5) is 4.39 Å². The smallest absolute Gasteiger partial charge is 0.314 e. The van der Waals surface area contributed by atoms with Crippen LogP contribution >= 0.6 is 0 Å². The summed E-state index contributed by atoms with van der Waals surface area (Å²) in [5, 5.41) is 0. The Morgan fingerprint density at radius 3 is 2.25 bits per heavy atom. The molecule has 1 aromatic heterocycles. The zero-order chi connectivity index (χ0) is 16.9. The second kappa shape index (κ2) is 8.09. The molecule has 0 radical (unpaired) electrons. The van der Waals surface area contributed by atoms with Crippen LogP contribution < -0.4 is 4.74 Å². The highest BCUT2D eigenvalue weighted by atomic mass is 19.1. The van der Waals surface area contributed by atoms with E-state index < -0.39 is 5.95 Å². The summed E-state index contributed by atoms with van der Waals surface area (Å²) in [6.45, 7) is 2.30. The van der Waals surface area contributed by atoms with Gasteiger partial charge in [0.1, 0.15) is 5.75 Å². The standard InChI is InChI=1S/C20H28FNO2/c1-2-14-3-5-15(6-4-14)16-7-9-17(10-8-16)20(23)24-18-11-12-19(21)22-13-18/h11-17H,2-10H2,1H3/t14-,15-,16?,17?. The average Bonchev–Trinajstić information content (AvgIpc) is 2.64. The maximum Gasteiger partial charge on any atom is 0.314 e. The first-order valence-corrected chi connectivity index (χ1v) is 9.49. The van der Waals surface area contributed by atoms with Crippen molar-refractivity contribution in [3.8, 4) is 5.75 Å². The van der Waals surface area contributed by atoms with Crippen molar-refractivity contribution in [3.05, 3.63) is 24.3 Å². The van der Waals surface area contributed by atoms with E-state index in [9.17, 15) is 9.18 Å². The number of carbonyl (C=O) groups is 1. The van der Waals surface area contributed by atoms with Crippen molar-refractivity contribution in [2.75, 3.05) is 0 Å². The van der Waals surface area contributed by atoms with Crippen molar-refractivity contribution in [1.29, 1.82) is 0 Å². The highest BCUT2D eigenvalue weighted by Crippen LogP contribution is 2.42. The van der Waals surface area contributed by atoms with Crippen molar-refractivity contribution in [2.45, 2.75) is 64.7 Å². The third-order valence-electron chi connectivity index (χ3n) is 6.16. The van der Waals surface area contributed by atoms with Crippen LogP contribution in [0.25, 0.3) is 0 Å². The van der Waals surface area contributed by atoms with E-state index in [2.05, 4.69) is 11.9 Å². The van der Waals surface area contributed by atoms with E-state index in [0.717, 1.165) is 43.4 Å². The minimum Gasteiger partial charge on any atom is -0.425 e. The third kappa shape index (κ3) is 4.34. The first-order chi connectivity index (χ1) is 11.7. The number of hydrogen-bond donors (Lipinski definition) is 0. The van der Waals surface area contributed by atoms with Crippen molar-refractivity contribution in [2.24, 2.45) is 23.7 Å². The number of halogens is 1. The molecule has 0 saturated heterocycles. The number of aromatic nitrogens is 1. The molecule has 24 heavy (non-hydrogen) atoms. The Kier molecular flexibility index (Phi) is 5.85. The molecule has 3 nitrogen and oxygen atoms in total. The predicted octanol–water partition coefficient (Wildman–Crippen LogP) is 5.15. The molecule has 0 atom stereocenters. The van der Waals surface area contributed by atoms with E-state index in [4.69, 9.17) is 4.74 Å². The summed E-state index contributed by atoms with van der Waals surface area (Å²) in [4.78, 5) is 15.8. The molecular formula is C20H28FNO2. The van der Waals surface area contributed by atoms with E-state index in [1.807, 2.05) is 0 Å². The normalized spacial score (nSPS) is 30.8. The molecule has 132 valence electrons. The highest BCUT2D eigenvalue weighted by Gasteiger charge is 2.33. The lowest BCUT2D eigenvalue weighted by Crippen LogP contribution is -2.30. The lowest BCUT2D eigenvalue weighted by molar-refractivity contribution is -0.140. The largest absolute Gasteiger partial charge is 0.425 e. The van der Waals surface area contributed by atoms with Crippen LogP contribution in [0.1, 0.15) is 64.7 Å². The van der Waals surface area contributed by atoms with E-state index in [1.165, 1.54) is 50.4 Å². The predicted molar refractivity (Wildman–Crippen MR) is 91.0 cm³/mol. The van der Waals surface area contributed by atoms with Gasteiger partial charge in [0, 0.05) is 0 Å².